The molecule has 0 saturated heterocycles. The Bertz CT molecular complexity index is 1170. The zero-order chi connectivity index (χ0) is 27.4. The molecule has 0 aliphatic heterocycles. The molecule has 3 aromatic rings. The van der Waals surface area contributed by atoms with Gasteiger partial charge in [0.25, 0.3) is 0 Å². The minimum absolute atomic E-state index is 0.253. The minimum atomic E-state index is -0.770. The van der Waals surface area contributed by atoms with Gasteiger partial charge in [-0.25, -0.2) is 4.59 Å². The normalized spacial score (nSPS) is 13.2. The lowest BCUT2D eigenvalue weighted by molar-refractivity contribution is -0.937. The van der Waals surface area contributed by atoms with E-state index in [0.717, 1.165) is 16.5 Å². The first kappa shape index (κ1) is 29.2. The fourth-order valence-corrected chi connectivity index (χ4v) is 4.48. The first-order valence-corrected chi connectivity index (χ1v) is 13.1. The second-order valence-corrected chi connectivity index (χ2v) is 9.71. The number of aromatic nitrogens is 1. The largest absolute Gasteiger partial charge is 0.343 e. The van der Waals surface area contributed by atoms with Gasteiger partial charge >= 0.3 is 0 Å². The standard InChI is InChI=1S/C28H40N8O2/c29-14-17-36(32,18-15-30)16-6-10-24(31)27(37)35-26(13-12-21-7-2-1-3-8-21)28(38)34-23-19-22-9-4-5-11-25(22)33-20-23/h1-5,7-9,11,19-20,24,26H,6,10,12-18,29-32H2,(H-,34,35,37,38)/p+1/t24-,26-/m0/s1. The van der Waals surface area contributed by atoms with E-state index in [2.05, 4.69) is 15.6 Å². The van der Waals surface area contributed by atoms with Gasteiger partial charge in [0.1, 0.15) is 19.1 Å². The average Bonchev–Trinajstić information content (AvgIpc) is 2.91. The van der Waals surface area contributed by atoms with Crippen LogP contribution in [-0.2, 0) is 16.0 Å². The summed E-state index contributed by atoms with van der Waals surface area (Å²) in [5, 5.41) is 6.69. The molecule has 0 spiro atoms. The quantitative estimate of drug-likeness (QED) is 0.0982. The van der Waals surface area contributed by atoms with Crippen molar-refractivity contribution in [2.24, 2.45) is 23.0 Å². The van der Waals surface area contributed by atoms with E-state index in [1.54, 1.807) is 6.20 Å². The van der Waals surface area contributed by atoms with Crippen LogP contribution in [0.4, 0.5) is 5.69 Å². The van der Waals surface area contributed by atoms with Crippen LogP contribution < -0.4 is 33.7 Å². The Hall–Kier alpha value is -3.41. The summed E-state index contributed by atoms with van der Waals surface area (Å²) in [7, 11) is 0. The number of pyridine rings is 1. The lowest BCUT2D eigenvalue weighted by Gasteiger charge is -2.32. The number of nitrogens with one attached hydrogen (secondary N) is 2. The molecule has 0 radical (unpaired) electrons. The van der Waals surface area contributed by atoms with Crippen molar-refractivity contribution in [3.05, 3.63) is 72.4 Å². The fourth-order valence-electron chi connectivity index (χ4n) is 4.48. The van der Waals surface area contributed by atoms with Gasteiger partial charge in [-0.2, -0.15) is 5.84 Å². The third-order valence-electron chi connectivity index (χ3n) is 6.66. The topological polar surface area (TPSA) is 175 Å². The molecule has 204 valence electrons. The molecule has 1 heterocycles. The SMILES string of the molecule is NCC[N+](N)(CCN)CCC[C@H](N)C(=O)N[C@@H](CCc1ccccc1)C(=O)Nc1cnc2ccccc2c1. The van der Waals surface area contributed by atoms with Crippen LogP contribution in [0, 0.1) is 0 Å². The van der Waals surface area contributed by atoms with Crippen LogP contribution in [0.5, 0.6) is 0 Å². The number of hydrogen-bond donors (Lipinski definition) is 6. The molecule has 1 aromatic heterocycles. The number of carbonyl (C=O) groups excluding carboxylic acids is 2. The van der Waals surface area contributed by atoms with Crippen LogP contribution in [0.25, 0.3) is 10.9 Å². The van der Waals surface area contributed by atoms with Gasteiger partial charge in [0.2, 0.25) is 11.8 Å². The molecule has 0 fully saturated rings. The van der Waals surface area contributed by atoms with Gasteiger partial charge < -0.3 is 27.8 Å². The highest BCUT2D eigenvalue weighted by atomic mass is 16.2. The maximum Gasteiger partial charge on any atom is 0.247 e. The minimum Gasteiger partial charge on any atom is -0.343 e. The zero-order valence-corrected chi connectivity index (χ0v) is 21.9. The maximum absolute atomic E-state index is 13.3. The van der Waals surface area contributed by atoms with Crippen molar-refractivity contribution in [2.75, 3.05) is 38.0 Å². The zero-order valence-electron chi connectivity index (χ0n) is 21.9. The summed E-state index contributed by atoms with van der Waals surface area (Å²) in [4.78, 5) is 30.7. The monoisotopic (exact) mass is 521 g/mol. The van der Waals surface area contributed by atoms with Gasteiger partial charge in [-0.1, -0.05) is 48.5 Å². The van der Waals surface area contributed by atoms with E-state index in [0.29, 0.717) is 64.1 Å². The Labute approximate surface area is 224 Å². The Balaban J connectivity index is 1.63. The highest BCUT2D eigenvalue weighted by molar-refractivity contribution is 5.98. The number of benzene rings is 2. The molecular formula is C28H41N8O2+. The molecule has 2 atom stereocenters. The molecule has 0 aliphatic carbocycles. The van der Waals surface area contributed by atoms with Gasteiger partial charge in [0, 0.05) is 24.9 Å². The third-order valence-corrected chi connectivity index (χ3v) is 6.66. The van der Waals surface area contributed by atoms with Crippen LogP contribution in [0.2, 0.25) is 0 Å². The molecule has 10 nitrogen and oxygen atoms in total. The number of aryl methyl sites for hydroxylation is 1. The van der Waals surface area contributed by atoms with Crippen LogP contribution >= 0.6 is 0 Å². The number of nitrogens with zero attached hydrogens (tertiary/aromatic N) is 2. The molecule has 38 heavy (non-hydrogen) atoms. The predicted octanol–water partition coefficient (Wildman–Crippen LogP) is 1.01. The smallest absolute Gasteiger partial charge is 0.247 e. The van der Waals surface area contributed by atoms with E-state index >= 15 is 0 Å². The first-order valence-electron chi connectivity index (χ1n) is 13.1. The number of rotatable bonds is 15. The van der Waals surface area contributed by atoms with Crippen molar-refractivity contribution < 1.29 is 14.2 Å². The molecule has 10 N–H and O–H groups in total. The van der Waals surface area contributed by atoms with Crippen molar-refractivity contribution in [2.45, 2.75) is 37.8 Å². The van der Waals surface area contributed by atoms with Crippen molar-refractivity contribution in [1.82, 2.24) is 10.3 Å². The van der Waals surface area contributed by atoms with Gasteiger partial charge in [-0.3, -0.25) is 14.6 Å². The van der Waals surface area contributed by atoms with Gasteiger partial charge in [0.05, 0.1) is 30.0 Å². The number of quaternary nitrogens is 1. The van der Waals surface area contributed by atoms with Crippen LogP contribution in [0.15, 0.2) is 66.9 Å². The summed E-state index contributed by atoms with van der Waals surface area (Å²) in [5.74, 6) is 5.69. The van der Waals surface area contributed by atoms with Crippen molar-refractivity contribution in [3.63, 3.8) is 0 Å². The van der Waals surface area contributed by atoms with E-state index < -0.39 is 12.1 Å². The first-order chi connectivity index (χ1) is 18.3. The van der Waals surface area contributed by atoms with Crippen LogP contribution in [0.3, 0.4) is 0 Å². The lowest BCUT2D eigenvalue weighted by Crippen LogP contribution is -2.59. The van der Waals surface area contributed by atoms with E-state index in [1.807, 2.05) is 60.7 Å². The molecule has 0 aliphatic rings. The van der Waals surface area contributed by atoms with Crippen molar-refractivity contribution in [3.8, 4) is 0 Å². The van der Waals surface area contributed by atoms with Crippen LogP contribution in [-0.4, -0.2) is 66.2 Å². The second-order valence-electron chi connectivity index (χ2n) is 9.71. The number of fused-ring (bicyclic) bond motifs is 1. The molecule has 3 rings (SSSR count). The second kappa shape index (κ2) is 14.5. The highest BCUT2D eigenvalue weighted by Crippen LogP contribution is 2.17. The molecule has 10 heteroatoms. The maximum atomic E-state index is 13.3. The Morgan fingerprint density at radius 1 is 0.895 bits per heavy atom. The van der Waals surface area contributed by atoms with Gasteiger partial charge in [0.15, 0.2) is 0 Å². The molecular weight excluding hydrogens is 480 g/mol. The Morgan fingerprint density at radius 2 is 1.58 bits per heavy atom. The Morgan fingerprint density at radius 3 is 2.29 bits per heavy atom. The molecule has 0 bridgehead atoms. The summed E-state index contributed by atoms with van der Waals surface area (Å²) < 4.78 is 0.253. The summed E-state index contributed by atoms with van der Waals surface area (Å²) in [6.07, 6.45) is 3.72. The summed E-state index contributed by atoms with van der Waals surface area (Å²) in [6, 6.07) is 17.8. The number of amides is 2. The van der Waals surface area contributed by atoms with Crippen molar-refractivity contribution in [1.29, 1.82) is 0 Å². The number of carbonyl (C=O) groups is 2. The molecule has 2 amide bonds. The van der Waals surface area contributed by atoms with E-state index in [-0.39, 0.29) is 16.4 Å². The number of para-hydroxylation sites is 1. The predicted molar refractivity (Wildman–Crippen MR) is 151 cm³/mol. The van der Waals surface area contributed by atoms with Gasteiger partial charge in [-0.05, 0) is 37.0 Å². The van der Waals surface area contributed by atoms with E-state index in [1.165, 1.54) is 0 Å². The summed E-state index contributed by atoms with van der Waals surface area (Å²) in [5.41, 5.74) is 20.1. The lowest BCUT2D eigenvalue weighted by atomic mass is 10.0. The summed E-state index contributed by atoms with van der Waals surface area (Å²) >= 11 is 0. The fraction of sp³-hybridized carbons (Fsp3) is 0.393. The number of nitrogens with two attached hydrogens (primary N) is 4. The number of anilines is 1. The van der Waals surface area contributed by atoms with E-state index in [9.17, 15) is 9.59 Å². The molecule has 0 saturated carbocycles. The number of hydrogen-bond acceptors (Lipinski definition) is 7. The van der Waals surface area contributed by atoms with Crippen molar-refractivity contribution >= 4 is 28.4 Å². The van der Waals surface area contributed by atoms with E-state index in [4.69, 9.17) is 23.0 Å². The highest BCUT2D eigenvalue weighted by Gasteiger charge is 2.26. The molecule has 0 unspecified atom stereocenters. The summed E-state index contributed by atoms with van der Waals surface area (Å²) in [6.45, 7) is 2.72. The van der Waals surface area contributed by atoms with Crippen LogP contribution in [0.1, 0.15) is 24.8 Å². The van der Waals surface area contributed by atoms with Gasteiger partial charge in [-0.15, -0.1) is 0 Å². The third kappa shape index (κ3) is 8.86. The average molecular weight is 522 g/mol. The molecule has 2 aromatic carbocycles. The Kier molecular flexibility index (Phi) is 11.1.